The summed E-state index contributed by atoms with van der Waals surface area (Å²) < 4.78 is 5.51. The molecule has 0 radical (unpaired) electrons. The van der Waals surface area contributed by atoms with Crippen LogP contribution in [0.3, 0.4) is 0 Å². The van der Waals surface area contributed by atoms with Crippen molar-refractivity contribution in [2.24, 2.45) is 0 Å². The molecule has 1 heterocycles. The average Bonchev–Trinajstić information content (AvgIpc) is 2.89. The molecule has 0 fully saturated rings. The number of nitro benzene ring substituents is 1. The fourth-order valence-electron chi connectivity index (χ4n) is 1.92. The van der Waals surface area contributed by atoms with E-state index in [2.05, 4.69) is 4.98 Å². The van der Waals surface area contributed by atoms with Crippen LogP contribution in [-0.4, -0.2) is 15.0 Å². The molecule has 0 atom stereocenters. The standard InChI is InChI=1S/C15H10N2O4/c18-13-7-5-10(9-12(13)17(19)20)6-8-15-16-11-3-1-2-4-14(11)21-15/h1-9,18H/b8-6+. The summed E-state index contributed by atoms with van der Waals surface area (Å²) in [7, 11) is 0. The Balaban J connectivity index is 1.92. The number of hydrogen-bond acceptors (Lipinski definition) is 5. The van der Waals surface area contributed by atoms with Gasteiger partial charge < -0.3 is 9.52 Å². The number of para-hydroxylation sites is 2. The minimum atomic E-state index is -0.633. The highest BCUT2D eigenvalue weighted by Crippen LogP contribution is 2.27. The molecule has 1 N–H and O–H groups in total. The van der Waals surface area contributed by atoms with Crippen LogP contribution in [0.1, 0.15) is 11.5 Å². The lowest BCUT2D eigenvalue weighted by Crippen LogP contribution is -1.88. The third kappa shape index (κ3) is 2.59. The van der Waals surface area contributed by atoms with Crippen LogP contribution in [0.2, 0.25) is 0 Å². The molecule has 6 heteroatoms. The van der Waals surface area contributed by atoms with Crippen LogP contribution in [0, 0.1) is 10.1 Å². The fraction of sp³-hybridized carbons (Fsp3) is 0. The zero-order valence-corrected chi connectivity index (χ0v) is 10.8. The second kappa shape index (κ2) is 5.09. The number of aromatic nitrogens is 1. The molecule has 3 rings (SSSR count). The first-order chi connectivity index (χ1) is 10.1. The van der Waals surface area contributed by atoms with E-state index in [0.717, 1.165) is 5.52 Å². The third-order valence-corrected chi connectivity index (χ3v) is 2.92. The minimum absolute atomic E-state index is 0.338. The van der Waals surface area contributed by atoms with Gasteiger partial charge in [-0.3, -0.25) is 10.1 Å². The van der Waals surface area contributed by atoms with E-state index in [4.69, 9.17) is 4.42 Å². The van der Waals surface area contributed by atoms with Crippen molar-refractivity contribution in [3.63, 3.8) is 0 Å². The van der Waals surface area contributed by atoms with Crippen molar-refractivity contribution in [2.45, 2.75) is 0 Å². The maximum absolute atomic E-state index is 10.8. The summed E-state index contributed by atoms with van der Waals surface area (Å²) in [5.41, 5.74) is 1.65. The van der Waals surface area contributed by atoms with Crippen LogP contribution in [0.15, 0.2) is 46.9 Å². The van der Waals surface area contributed by atoms with Gasteiger partial charge in [-0.15, -0.1) is 0 Å². The predicted molar refractivity (Wildman–Crippen MR) is 77.7 cm³/mol. The fourth-order valence-corrected chi connectivity index (χ4v) is 1.92. The molecule has 0 spiro atoms. The van der Waals surface area contributed by atoms with Crippen molar-refractivity contribution < 1.29 is 14.4 Å². The molecule has 0 amide bonds. The Labute approximate surface area is 119 Å². The highest BCUT2D eigenvalue weighted by atomic mass is 16.6. The van der Waals surface area contributed by atoms with Gasteiger partial charge in [0.2, 0.25) is 5.89 Å². The lowest BCUT2D eigenvalue weighted by atomic mass is 10.2. The van der Waals surface area contributed by atoms with Gasteiger partial charge in [0.05, 0.1) is 4.92 Å². The second-order valence-corrected chi connectivity index (χ2v) is 4.36. The molecule has 0 aliphatic rings. The van der Waals surface area contributed by atoms with Gasteiger partial charge in [-0.05, 0) is 29.8 Å². The van der Waals surface area contributed by atoms with E-state index in [-0.39, 0.29) is 11.4 Å². The molecule has 0 aliphatic carbocycles. The Hall–Kier alpha value is -3.15. The van der Waals surface area contributed by atoms with E-state index in [0.29, 0.717) is 17.0 Å². The van der Waals surface area contributed by atoms with Gasteiger partial charge in [-0.1, -0.05) is 18.2 Å². The number of oxazole rings is 1. The number of rotatable bonds is 3. The van der Waals surface area contributed by atoms with Crippen LogP contribution in [0.4, 0.5) is 5.69 Å². The van der Waals surface area contributed by atoms with Crippen molar-refractivity contribution in [3.05, 3.63) is 64.0 Å². The number of aromatic hydroxyl groups is 1. The largest absolute Gasteiger partial charge is 0.502 e. The highest BCUT2D eigenvalue weighted by Gasteiger charge is 2.12. The summed E-state index contributed by atoms with van der Waals surface area (Å²) in [6, 6.07) is 11.5. The first-order valence-electron chi connectivity index (χ1n) is 6.14. The number of nitro groups is 1. The summed E-state index contributed by atoms with van der Waals surface area (Å²) >= 11 is 0. The third-order valence-electron chi connectivity index (χ3n) is 2.92. The van der Waals surface area contributed by atoms with Gasteiger partial charge in [0.15, 0.2) is 11.3 Å². The van der Waals surface area contributed by atoms with E-state index in [1.54, 1.807) is 18.2 Å². The molecule has 0 saturated carbocycles. The highest BCUT2D eigenvalue weighted by molar-refractivity contribution is 5.76. The van der Waals surface area contributed by atoms with Crippen molar-refractivity contribution in [1.82, 2.24) is 4.98 Å². The van der Waals surface area contributed by atoms with Crippen LogP contribution in [0.25, 0.3) is 23.3 Å². The first-order valence-corrected chi connectivity index (χ1v) is 6.14. The van der Waals surface area contributed by atoms with Crippen LogP contribution in [-0.2, 0) is 0 Å². The number of fused-ring (bicyclic) bond motifs is 1. The average molecular weight is 282 g/mol. The molecular formula is C15H10N2O4. The van der Waals surface area contributed by atoms with E-state index in [9.17, 15) is 15.2 Å². The smallest absolute Gasteiger partial charge is 0.311 e. The van der Waals surface area contributed by atoms with Crippen LogP contribution in [0.5, 0.6) is 5.75 Å². The maximum Gasteiger partial charge on any atom is 0.311 e. The molecule has 0 aliphatic heterocycles. The summed E-state index contributed by atoms with van der Waals surface area (Å²) in [6.07, 6.45) is 3.26. The van der Waals surface area contributed by atoms with Crippen molar-refractivity contribution in [2.75, 3.05) is 0 Å². The number of phenolic OH excluding ortho intramolecular Hbond substituents is 1. The maximum atomic E-state index is 10.8. The van der Waals surface area contributed by atoms with Crippen molar-refractivity contribution in [1.29, 1.82) is 0 Å². The first kappa shape index (κ1) is 12.9. The van der Waals surface area contributed by atoms with Gasteiger partial charge in [0, 0.05) is 12.1 Å². The monoisotopic (exact) mass is 282 g/mol. The van der Waals surface area contributed by atoms with E-state index >= 15 is 0 Å². The molecule has 6 nitrogen and oxygen atoms in total. The molecule has 3 aromatic rings. The predicted octanol–water partition coefficient (Wildman–Crippen LogP) is 3.61. The molecule has 21 heavy (non-hydrogen) atoms. The second-order valence-electron chi connectivity index (χ2n) is 4.36. The molecule has 0 unspecified atom stereocenters. The van der Waals surface area contributed by atoms with E-state index < -0.39 is 4.92 Å². The Kier molecular flexibility index (Phi) is 3.12. The molecule has 104 valence electrons. The topological polar surface area (TPSA) is 89.4 Å². The van der Waals surface area contributed by atoms with E-state index in [1.165, 1.54) is 12.1 Å². The van der Waals surface area contributed by atoms with Gasteiger partial charge >= 0.3 is 5.69 Å². The SMILES string of the molecule is O=[N+]([O-])c1cc(/C=C/c2nc3ccccc3o2)ccc1O. The zero-order chi connectivity index (χ0) is 14.8. The van der Waals surface area contributed by atoms with E-state index in [1.807, 2.05) is 24.3 Å². The van der Waals surface area contributed by atoms with Gasteiger partial charge in [-0.2, -0.15) is 0 Å². The lowest BCUT2D eigenvalue weighted by Gasteiger charge is -1.97. The molecule has 2 aromatic carbocycles. The quantitative estimate of drug-likeness (QED) is 0.585. The Morgan fingerprint density at radius 3 is 2.76 bits per heavy atom. The van der Waals surface area contributed by atoms with Crippen LogP contribution >= 0.6 is 0 Å². The number of benzene rings is 2. The Morgan fingerprint density at radius 1 is 1.19 bits per heavy atom. The number of phenols is 1. The normalized spacial score (nSPS) is 11.2. The minimum Gasteiger partial charge on any atom is -0.502 e. The Morgan fingerprint density at radius 2 is 2.00 bits per heavy atom. The van der Waals surface area contributed by atoms with Crippen molar-refractivity contribution in [3.8, 4) is 5.75 Å². The summed E-state index contributed by atoms with van der Waals surface area (Å²) in [6.45, 7) is 0. The summed E-state index contributed by atoms with van der Waals surface area (Å²) in [5.74, 6) is 0.0472. The zero-order valence-electron chi connectivity index (χ0n) is 10.8. The van der Waals surface area contributed by atoms with Crippen molar-refractivity contribution >= 4 is 28.9 Å². The van der Waals surface area contributed by atoms with Gasteiger partial charge in [-0.25, -0.2) is 4.98 Å². The summed E-state index contributed by atoms with van der Waals surface area (Å²) in [4.78, 5) is 14.4. The lowest BCUT2D eigenvalue weighted by molar-refractivity contribution is -0.385. The molecule has 1 aromatic heterocycles. The number of nitrogens with zero attached hydrogens (tertiary/aromatic N) is 2. The number of hydrogen-bond donors (Lipinski definition) is 1. The molecule has 0 saturated heterocycles. The molecule has 0 bridgehead atoms. The summed E-state index contributed by atoms with van der Waals surface area (Å²) in [5, 5.41) is 20.1. The van der Waals surface area contributed by atoms with Crippen LogP contribution < -0.4 is 0 Å². The molecular weight excluding hydrogens is 272 g/mol. The van der Waals surface area contributed by atoms with Gasteiger partial charge in [0.1, 0.15) is 5.52 Å². The Bertz CT molecular complexity index is 819. The van der Waals surface area contributed by atoms with Gasteiger partial charge in [0.25, 0.3) is 0 Å².